The van der Waals surface area contributed by atoms with E-state index in [9.17, 15) is 9.59 Å². The number of carbonyl (C=O) groups excluding carboxylic acids is 1. The van der Waals surface area contributed by atoms with Crippen molar-refractivity contribution in [2.75, 3.05) is 12.3 Å². The Labute approximate surface area is 64.0 Å². The van der Waals surface area contributed by atoms with Crippen LogP contribution in [0, 0.1) is 0 Å². The molecule has 0 bridgehead atoms. The van der Waals surface area contributed by atoms with Crippen LogP contribution in [0.15, 0.2) is 0 Å². The SMILES string of the molecule is O=CCN[C@@H](CS)C(=O)O. The summed E-state index contributed by atoms with van der Waals surface area (Å²) in [7, 11) is 0. The predicted octanol–water partition coefficient (Wildman–Crippen LogP) is -0.842. The van der Waals surface area contributed by atoms with Crippen LogP contribution in [0.25, 0.3) is 0 Å². The van der Waals surface area contributed by atoms with Crippen molar-refractivity contribution in [1.29, 1.82) is 0 Å². The number of thiol groups is 1. The number of hydrogen-bond acceptors (Lipinski definition) is 4. The molecule has 0 heterocycles. The monoisotopic (exact) mass is 163 g/mol. The highest BCUT2D eigenvalue weighted by molar-refractivity contribution is 7.80. The summed E-state index contributed by atoms with van der Waals surface area (Å²) >= 11 is 3.77. The molecule has 0 saturated heterocycles. The lowest BCUT2D eigenvalue weighted by molar-refractivity contribution is -0.138. The largest absolute Gasteiger partial charge is 0.480 e. The van der Waals surface area contributed by atoms with E-state index in [0.717, 1.165) is 0 Å². The fourth-order valence-corrected chi connectivity index (χ4v) is 0.706. The molecule has 0 aliphatic heterocycles. The van der Waals surface area contributed by atoms with Crippen LogP contribution in [-0.4, -0.2) is 35.7 Å². The molecule has 0 aromatic carbocycles. The zero-order valence-corrected chi connectivity index (χ0v) is 6.17. The summed E-state index contributed by atoms with van der Waals surface area (Å²) in [6, 6.07) is -0.728. The highest BCUT2D eigenvalue weighted by Gasteiger charge is 2.12. The van der Waals surface area contributed by atoms with Crippen molar-refractivity contribution in [2.45, 2.75) is 6.04 Å². The summed E-state index contributed by atoms with van der Waals surface area (Å²) in [6.45, 7) is 0.0531. The zero-order valence-electron chi connectivity index (χ0n) is 5.28. The van der Waals surface area contributed by atoms with Crippen LogP contribution in [-0.2, 0) is 9.59 Å². The van der Waals surface area contributed by atoms with E-state index in [1.165, 1.54) is 0 Å². The van der Waals surface area contributed by atoms with Crippen molar-refractivity contribution in [3.05, 3.63) is 0 Å². The molecule has 0 spiro atoms. The van der Waals surface area contributed by atoms with Gasteiger partial charge in [-0.15, -0.1) is 0 Å². The first-order chi connectivity index (χ1) is 4.72. The maximum absolute atomic E-state index is 10.2. The van der Waals surface area contributed by atoms with Crippen molar-refractivity contribution in [1.82, 2.24) is 5.32 Å². The minimum absolute atomic E-state index is 0.0531. The number of aliphatic carboxylic acids is 1. The molecule has 0 aromatic heterocycles. The maximum atomic E-state index is 10.2. The van der Waals surface area contributed by atoms with Gasteiger partial charge < -0.3 is 9.90 Å². The first-order valence-electron chi connectivity index (χ1n) is 2.73. The highest BCUT2D eigenvalue weighted by Crippen LogP contribution is 1.85. The van der Waals surface area contributed by atoms with Crippen molar-refractivity contribution in [3.8, 4) is 0 Å². The maximum Gasteiger partial charge on any atom is 0.321 e. The van der Waals surface area contributed by atoms with Gasteiger partial charge in [0.05, 0.1) is 6.54 Å². The fraction of sp³-hybridized carbons (Fsp3) is 0.600. The predicted molar refractivity (Wildman–Crippen MR) is 39.3 cm³/mol. The Morgan fingerprint density at radius 2 is 2.40 bits per heavy atom. The van der Waals surface area contributed by atoms with Crippen LogP contribution < -0.4 is 5.32 Å². The zero-order chi connectivity index (χ0) is 7.98. The summed E-state index contributed by atoms with van der Waals surface area (Å²) < 4.78 is 0. The summed E-state index contributed by atoms with van der Waals surface area (Å²) in [5.41, 5.74) is 0. The molecular weight excluding hydrogens is 154 g/mol. The van der Waals surface area contributed by atoms with Crippen LogP contribution in [0.3, 0.4) is 0 Å². The van der Waals surface area contributed by atoms with Crippen LogP contribution in [0.2, 0.25) is 0 Å². The van der Waals surface area contributed by atoms with Crippen molar-refractivity contribution in [3.63, 3.8) is 0 Å². The summed E-state index contributed by atoms with van der Waals surface area (Å²) in [6.07, 6.45) is 0.610. The molecule has 0 rings (SSSR count). The molecule has 4 nitrogen and oxygen atoms in total. The van der Waals surface area contributed by atoms with Crippen molar-refractivity contribution < 1.29 is 14.7 Å². The van der Waals surface area contributed by atoms with Gasteiger partial charge in [0.15, 0.2) is 0 Å². The van der Waals surface area contributed by atoms with Gasteiger partial charge in [0.2, 0.25) is 0 Å². The van der Waals surface area contributed by atoms with Gasteiger partial charge >= 0.3 is 5.97 Å². The van der Waals surface area contributed by atoms with Gasteiger partial charge in [0.1, 0.15) is 12.3 Å². The number of rotatable bonds is 5. The number of carboxylic acid groups (broad SMARTS) is 1. The second-order valence-electron chi connectivity index (χ2n) is 1.65. The summed E-state index contributed by atoms with van der Waals surface area (Å²) in [4.78, 5) is 20.0. The van der Waals surface area contributed by atoms with Gasteiger partial charge in [-0.05, 0) is 0 Å². The lowest BCUT2D eigenvalue weighted by Crippen LogP contribution is -2.39. The lowest BCUT2D eigenvalue weighted by Gasteiger charge is -2.07. The molecule has 58 valence electrons. The molecule has 2 N–H and O–H groups in total. The fourth-order valence-electron chi connectivity index (χ4n) is 0.420. The number of hydrogen-bond donors (Lipinski definition) is 3. The van der Waals surface area contributed by atoms with Gasteiger partial charge in [0, 0.05) is 5.75 Å². The van der Waals surface area contributed by atoms with Gasteiger partial charge in [-0.1, -0.05) is 0 Å². The Morgan fingerprint density at radius 1 is 1.80 bits per heavy atom. The Morgan fingerprint density at radius 3 is 2.70 bits per heavy atom. The van der Waals surface area contributed by atoms with E-state index < -0.39 is 12.0 Å². The molecule has 5 heteroatoms. The third kappa shape index (κ3) is 3.47. The highest BCUT2D eigenvalue weighted by atomic mass is 32.1. The van der Waals surface area contributed by atoms with E-state index in [2.05, 4.69) is 17.9 Å². The minimum Gasteiger partial charge on any atom is -0.480 e. The molecular formula is C5H9NO3S. The Kier molecular flexibility index (Phi) is 4.96. The van der Waals surface area contributed by atoms with Gasteiger partial charge in [-0.25, -0.2) is 0 Å². The lowest BCUT2D eigenvalue weighted by atomic mass is 10.3. The standard InChI is InChI=1S/C5H9NO3S/c7-2-1-6-4(3-10)5(8)9/h2,4,6,10H,1,3H2,(H,8,9)/t4-/m0/s1. The molecule has 0 radical (unpaired) electrons. The average Bonchev–Trinajstić information content (AvgIpc) is 1.89. The second-order valence-corrected chi connectivity index (χ2v) is 2.01. The topological polar surface area (TPSA) is 66.4 Å². The Bertz CT molecular complexity index is 128. The summed E-state index contributed by atoms with van der Waals surface area (Å²) in [5.74, 6) is -0.805. The van der Waals surface area contributed by atoms with Gasteiger partial charge in [-0.3, -0.25) is 10.1 Å². The van der Waals surface area contributed by atoms with Crippen LogP contribution in [0.5, 0.6) is 0 Å². The van der Waals surface area contributed by atoms with E-state index in [0.29, 0.717) is 6.29 Å². The van der Waals surface area contributed by atoms with Crippen LogP contribution in [0.1, 0.15) is 0 Å². The van der Waals surface area contributed by atoms with E-state index in [1.807, 2.05) is 0 Å². The number of carboxylic acids is 1. The van der Waals surface area contributed by atoms with Crippen molar-refractivity contribution in [2.24, 2.45) is 0 Å². The van der Waals surface area contributed by atoms with E-state index in [1.54, 1.807) is 0 Å². The molecule has 0 aliphatic carbocycles. The molecule has 0 aromatic rings. The molecule has 10 heavy (non-hydrogen) atoms. The van der Waals surface area contributed by atoms with E-state index in [-0.39, 0.29) is 12.3 Å². The van der Waals surface area contributed by atoms with E-state index in [4.69, 9.17) is 5.11 Å². The molecule has 0 aliphatic rings. The Balaban J connectivity index is 3.60. The normalized spacial score (nSPS) is 12.5. The van der Waals surface area contributed by atoms with Crippen molar-refractivity contribution >= 4 is 24.9 Å². The average molecular weight is 163 g/mol. The molecule has 1 atom stereocenters. The molecule has 0 amide bonds. The second kappa shape index (κ2) is 5.25. The Hall–Kier alpha value is -0.550. The third-order valence-electron chi connectivity index (χ3n) is 0.928. The molecule has 0 fully saturated rings. The smallest absolute Gasteiger partial charge is 0.321 e. The molecule has 0 saturated carbocycles. The first kappa shape index (κ1) is 9.45. The first-order valence-corrected chi connectivity index (χ1v) is 3.36. The summed E-state index contributed by atoms with van der Waals surface area (Å²) in [5, 5.41) is 10.8. The molecule has 0 unspecified atom stereocenters. The van der Waals surface area contributed by atoms with Crippen LogP contribution >= 0.6 is 12.6 Å². The van der Waals surface area contributed by atoms with Crippen LogP contribution in [0.4, 0.5) is 0 Å². The van der Waals surface area contributed by atoms with Gasteiger partial charge in [-0.2, -0.15) is 12.6 Å². The number of nitrogens with one attached hydrogen (secondary N) is 1. The minimum atomic E-state index is -0.989. The number of aldehydes is 1. The third-order valence-corrected chi connectivity index (χ3v) is 1.29. The van der Waals surface area contributed by atoms with Gasteiger partial charge in [0.25, 0.3) is 0 Å². The number of carbonyl (C=O) groups is 2. The van der Waals surface area contributed by atoms with E-state index >= 15 is 0 Å². The quantitative estimate of drug-likeness (QED) is 0.365.